The zero-order chi connectivity index (χ0) is 17.8. The van der Waals surface area contributed by atoms with Gasteiger partial charge in [-0.1, -0.05) is 18.2 Å². The summed E-state index contributed by atoms with van der Waals surface area (Å²) >= 11 is 0. The van der Waals surface area contributed by atoms with E-state index in [1.165, 1.54) is 5.69 Å². The second-order valence-electron chi connectivity index (χ2n) is 6.28. The number of aromatic nitrogens is 4. The van der Waals surface area contributed by atoms with Crippen LogP contribution in [0.2, 0.25) is 0 Å². The van der Waals surface area contributed by atoms with E-state index in [2.05, 4.69) is 63.5 Å². The van der Waals surface area contributed by atoms with Gasteiger partial charge >= 0.3 is 0 Å². The smallest absolute Gasteiger partial charge is 0.174 e. The summed E-state index contributed by atoms with van der Waals surface area (Å²) in [5.41, 5.74) is 3.20. The summed E-state index contributed by atoms with van der Waals surface area (Å²) in [7, 11) is 2.10. The van der Waals surface area contributed by atoms with E-state index < -0.39 is 0 Å². The van der Waals surface area contributed by atoms with Crippen LogP contribution in [0.25, 0.3) is 5.82 Å². The molecule has 2 heterocycles. The van der Waals surface area contributed by atoms with E-state index >= 15 is 0 Å². The number of anilines is 2. The molecule has 0 aliphatic carbocycles. The van der Waals surface area contributed by atoms with Crippen LogP contribution in [0.4, 0.5) is 11.5 Å². The molecule has 2 aromatic heterocycles. The van der Waals surface area contributed by atoms with Crippen LogP contribution >= 0.6 is 0 Å². The number of para-hydroxylation sites is 1. The molecule has 1 N–H and O–H groups in total. The van der Waals surface area contributed by atoms with E-state index in [1.54, 1.807) is 12.4 Å². The molecule has 0 fully saturated rings. The number of nitrogens with one attached hydrogen (secondary N) is 1. The van der Waals surface area contributed by atoms with Gasteiger partial charge in [-0.25, -0.2) is 9.67 Å². The highest BCUT2D eigenvalue weighted by molar-refractivity contribution is 5.46. The third-order valence-electron chi connectivity index (χ3n) is 4.25. The van der Waals surface area contributed by atoms with Crippen LogP contribution in [-0.4, -0.2) is 39.4 Å². The normalized spacial score (nSPS) is 12.0. The number of nitrogens with zero attached hydrogens (tertiary/aromatic N) is 5. The van der Waals surface area contributed by atoms with E-state index in [9.17, 15) is 0 Å². The minimum atomic E-state index is 0.307. The van der Waals surface area contributed by atoms with Crippen molar-refractivity contribution < 1.29 is 0 Å². The van der Waals surface area contributed by atoms with Crippen LogP contribution in [-0.2, 0) is 0 Å². The SMILES string of the molecule is Cc1cc(C)n(-c2cncc(NCC(C)N(C)c3ccccc3)n2)n1. The van der Waals surface area contributed by atoms with Gasteiger partial charge in [0.1, 0.15) is 5.82 Å². The van der Waals surface area contributed by atoms with Crippen molar-refractivity contribution in [2.24, 2.45) is 0 Å². The van der Waals surface area contributed by atoms with Crippen molar-refractivity contribution in [2.45, 2.75) is 26.8 Å². The lowest BCUT2D eigenvalue weighted by Gasteiger charge is -2.27. The van der Waals surface area contributed by atoms with Gasteiger partial charge < -0.3 is 10.2 Å². The van der Waals surface area contributed by atoms with Crippen molar-refractivity contribution in [2.75, 3.05) is 23.8 Å². The van der Waals surface area contributed by atoms with Gasteiger partial charge in [0.25, 0.3) is 0 Å². The number of hydrogen-bond donors (Lipinski definition) is 1. The van der Waals surface area contributed by atoms with E-state index in [1.807, 2.05) is 30.7 Å². The van der Waals surface area contributed by atoms with E-state index in [-0.39, 0.29) is 0 Å². The second kappa shape index (κ2) is 7.34. The minimum absolute atomic E-state index is 0.307. The summed E-state index contributed by atoms with van der Waals surface area (Å²) in [5.74, 6) is 1.47. The lowest BCUT2D eigenvalue weighted by Crippen LogP contribution is -2.35. The number of likely N-dealkylation sites (N-methyl/N-ethyl adjacent to an activating group) is 1. The van der Waals surface area contributed by atoms with Gasteiger partial charge in [-0.05, 0) is 39.0 Å². The molecule has 0 saturated carbocycles. The second-order valence-corrected chi connectivity index (χ2v) is 6.28. The van der Waals surface area contributed by atoms with Gasteiger partial charge in [0, 0.05) is 31.0 Å². The number of aryl methyl sites for hydroxylation is 2. The Hall–Kier alpha value is -2.89. The number of hydrogen-bond acceptors (Lipinski definition) is 5. The predicted octanol–water partition coefficient (Wildman–Crippen LogP) is 3.22. The summed E-state index contributed by atoms with van der Waals surface area (Å²) in [4.78, 5) is 11.2. The first-order valence-electron chi connectivity index (χ1n) is 8.42. The Morgan fingerprint density at radius 1 is 1.16 bits per heavy atom. The van der Waals surface area contributed by atoms with Gasteiger partial charge in [0.2, 0.25) is 0 Å². The first kappa shape index (κ1) is 17.0. The first-order chi connectivity index (χ1) is 12.0. The van der Waals surface area contributed by atoms with Crippen LogP contribution < -0.4 is 10.2 Å². The van der Waals surface area contributed by atoms with E-state index in [4.69, 9.17) is 0 Å². The Balaban J connectivity index is 1.67. The molecule has 0 aliphatic rings. The Bertz CT molecular complexity index is 827. The summed E-state index contributed by atoms with van der Waals surface area (Å²) in [5, 5.41) is 7.84. The lowest BCUT2D eigenvalue weighted by molar-refractivity contribution is 0.713. The van der Waals surface area contributed by atoms with Crippen molar-refractivity contribution in [3.63, 3.8) is 0 Å². The van der Waals surface area contributed by atoms with Crippen LogP contribution in [0.1, 0.15) is 18.3 Å². The largest absolute Gasteiger partial charge is 0.370 e. The molecule has 0 saturated heterocycles. The Morgan fingerprint density at radius 2 is 1.92 bits per heavy atom. The molecular weight excluding hydrogens is 312 g/mol. The third-order valence-corrected chi connectivity index (χ3v) is 4.25. The van der Waals surface area contributed by atoms with Gasteiger partial charge in [-0.3, -0.25) is 4.98 Å². The average Bonchev–Trinajstić information content (AvgIpc) is 2.98. The highest BCUT2D eigenvalue weighted by Gasteiger charge is 2.11. The van der Waals surface area contributed by atoms with Crippen molar-refractivity contribution >= 4 is 11.5 Å². The molecule has 0 spiro atoms. The Labute approximate surface area is 148 Å². The quantitative estimate of drug-likeness (QED) is 0.749. The molecule has 0 radical (unpaired) electrons. The van der Waals surface area contributed by atoms with Crippen LogP contribution in [0.3, 0.4) is 0 Å². The van der Waals surface area contributed by atoms with Gasteiger partial charge in [0.15, 0.2) is 5.82 Å². The number of benzene rings is 1. The fraction of sp³-hybridized carbons (Fsp3) is 0.316. The molecule has 3 aromatic rings. The van der Waals surface area contributed by atoms with Crippen molar-refractivity contribution in [3.8, 4) is 5.82 Å². The van der Waals surface area contributed by atoms with Crippen molar-refractivity contribution in [1.29, 1.82) is 0 Å². The zero-order valence-corrected chi connectivity index (χ0v) is 15.1. The first-order valence-corrected chi connectivity index (χ1v) is 8.42. The van der Waals surface area contributed by atoms with Crippen molar-refractivity contribution in [3.05, 3.63) is 60.2 Å². The fourth-order valence-electron chi connectivity index (χ4n) is 2.71. The fourth-order valence-corrected chi connectivity index (χ4v) is 2.71. The van der Waals surface area contributed by atoms with Crippen molar-refractivity contribution in [1.82, 2.24) is 19.7 Å². The maximum Gasteiger partial charge on any atom is 0.174 e. The monoisotopic (exact) mass is 336 g/mol. The van der Waals surface area contributed by atoms with Gasteiger partial charge in [-0.15, -0.1) is 0 Å². The Kier molecular flexibility index (Phi) is 4.97. The minimum Gasteiger partial charge on any atom is -0.370 e. The molecule has 1 aromatic carbocycles. The highest BCUT2D eigenvalue weighted by atomic mass is 15.3. The number of rotatable bonds is 6. The topological polar surface area (TPSA) is 58.9 Å². The van der Waals surface area contributed by atoms with Crippen LogP contribution in [0.15, 0.2) is 48.8 Å². The third kappa shape index (κ3) is 3.96. The predicted molar refractivity (Wildman–Crippen MR) is 101 cm³/mol. The van der Waals surface area contributed by atoms with Gasteiger partial charge in [0.05, 0.1) is 18.1 Å². The van der Waals surface area contributed by atoms with Gasteiger partial charge in [-0.2, -0.15) is 5.10 Å². The van der Waals surface area contributed by atoms with Crippen LogP contribution in [0, 0.1) is 13.8 Å². The molecule has 6 nitrogen and oxygen atoms in total. The maximum atomic E-state index is 4.63. The molecule has 25 heavy (non-hydrogen) atoms. The van der Waals surface area contributed by atoms with E-state index in [0.717, 1.165) is 29.6 Å². The molecule has 0 aliphatic heterocycles. The zero-order valence-electron chi connectivity index (χ0n) is 15.1. The molecule has 130 valence electrons. The summed E-state index contributed by atoms with van der Waals surface area (Å²) < 4.78 is 1.81. The summed E-state index contributed by atoms with van der Waals surface area (Å²) in [6.07, 6.45) is 3.47. The molecule has 0 amide bonds. The average molecular weight is 336 g/mol. The Morgan fingerprint density at radius 3 is 2.60 bits per heavy atom. The molecular formula is C19H24N6. The maximum absolute atomic E-state index is 4.63. The molecule has 6 heteroatoms. The van der Waals surface area contributed by atoms with E-state index in [0.29, 0.717) is 6.04 Å². The summed E-state index contributed by atoms with van der Waals surface area (Å²) in [6, 6.07) is 12.7. The molecule has 0 bridgehead atoms. The standard InChI is InChI=1S/C19H24N6/c1-14-10-15(2)25(23-14)19-13-20-12-18(22-19)21-11-16(3)24(4)17-8-6-5-7-9-17/h5-10,12-13,16H,11H2,1-4H3,(H,21,22). The lowest BCUT2D eigenvalue weighted by atomic mass is 10.2. The molecule has 1 atom stereocenters. The van der Waals surface area contributed by atoms with Crippen LogP contribution in [0.5, 0.6) is 0 Å². The molecule has 3 rings (SSSR count). The highest BCUT2D eigenvalue weighted by Crippen LogP contribution is 2.15. The molecule has 1 unspecified atom stereocenters. The summed E-state index contributed by atoms with van der Waals surface area (Å²) in [6.45, 7) is 6.93.